The topological polar surface area (TPSA) is 78.3 Å². The molecule has 1 aliphatic rings. The van der Waals surface area contributed by atoms with Crippen LogP contribution in [0.4, 0.5) is 5.95 Å². The number of carbonyl (C=O) groups is 1. The number of nitrogens with zero attached hydrogens (tertiary/aromatic N) is 3. The number of ether oxygens (including phenoxy) is 2. The van der Waals surface area contributed by atoms with Crippen LogP contribution < -0.4 is 10.1 Å². The second kappa shape index (κ2) is 10.2. The molecule has 2 aromatic rings. The maximum Gasteiger partial charge on any atom is 0.338 e. The fourth-order valence-corrected chi connectivity index (χ4v) is 4.29. The number of aromatic nitrogens is 3. The monoisotopic (exact) mass is 444 g/mol. The molecule has 1 unspecified atom stereocenters. The summed E-state index contributed by atoms with van der Waals surface area (Å²) in [7, 11) is 0. The first-order chi connectivity index (χ1) is 14.8. The van der Waals surface area contributed by atoms with Gasteiger partial charge in [-0.25, -0.2) is 9.48 Å². The van der Waals surface area contributed by atoms with Gasteiger partial charge in [-0.2, -0.15) is 4.98 Å². The van der Waals surface area contributed by atoms with E-state index in [-0.39, 0.29) is 18.2 Å². The molecule has 31 heavy (non-hydrogen) atoms. The fourth-order valence-electron chi connectivity index (χ4n) is 3.38. The first kappa shape index (κ1) is 23.2. The predicted molar refractivity (Wildman–Crippen MR) is 124 cm³/mol. The van der Waals surface area contributed by atoms with Gasteiger partial charge in [0.2, 0.25) is 11.1 Å². The molecule has 3 rings (SSSR count). The van der Waals surface area contributed by atoms with Crippen molar-refractivity contribution < 1.29 is 14.3 Å². The molecule has 0 saturated carbocycles. The van der Waals surface area contributed by atoms with Crippen LogP contribution in [-0.2, 0) is 9.53 Å². The highest BCUT2D eigenvalue weighted by Gasteiger charge is 2.35. The molecule has 1 N–H and O–H groups in total. The molecule has 0 radical (unpaired) electrons. The van der Waals surface area contributed by atoms with Crippen molar-refractivity contribution in [1.29, 1.82) is 0 Å². The maximum atomic E-state index is 13.1. The molecule has 2 heterocycles. The van der Waals surface area contributed by atoms with E-state index >= 15 is 0 Å². The van der Waals surface area contributed by atoms with Crippen molar-refractivity contribution >= 4 is 23.7 Å². The van der Waals surface area contributed by atoms with Crippen LogP contribution in [0.1, 0.15) is 66.0 Å². The number of fused-ring (bicyclic) bond motifs is 1. The number of carbonyl (C=O) groups excluding carboxylic acids is 1. The van der Waals surface area contributed by atoms with Gasteiger partial charge in [0, 0.05) is 11.4 Å². The largest absolute Gasteiger partial charge is 0.491 e. The normalized spacial score (nSPS) is 15.8. The van der Waals surface area contributed by atoms with Crippen LogP contribution in [0.2, 0.25) is 0 Å². The summed E-state index contributed by atoms with van der Waals surface area (Å²) in [6, 6.07) is 7.34. The maximum absolute atomic E-state index is 13.1. The summed E-state index contributed by atoms with van der Waals surface area (Å²) in [5.41, 5.74) is 2.14. The summed E-state index contributed by atoms with van der Waals surface area (Å²) < 4.78 is 13.3. The minimum Gasteiger partial charge on any atom is -0.491 e. The first-order valence-electron chi connectivity index (χ1n) is 10.8. The fraction of sp³-hybridized carbons (Fsp3) is 0.522. The van der Waals surface area contributed by atoms with Crippen LogP contribution in [0.15, 0.2) is 40.7 Å². The Labute approximate surface area is 188 Å². The molecule has 0 bridgehead atoms. The van der Waals surface area contributed by atoms with E-state index in [1.165, 1.54) is 0 Å². The van der Waals surface area contributed by atoms with E-state index in [2.05, 4.69) is 17.2 Å². The van der Waals surface area contributed by atoms with Crippen LogP contribution in [0, 0.1) is 0 Å². The number of nitrogens with one attached hydrogen (secondary N) is 1. The van der Waals surface area contributed by atoms with Crippen molar-refractivity contribution in [3.05, 3.63) is 41.1 Å². The molecule has 168 valence electrons. The van der Waals surface area contributed by atoms with E-state index in [1.54, 1.807) is 16.4 Å². The SMILES string of the molecule is CCCCSc1nc2n(n1)C(c1cccc(OC(C)C)c1)C(C(=O)OC(C)C)=C(C)N2. The van der Waals surface area contributed by atoms with Crippen LogP contribution in [0.5, 0.6) is 5.75 Å². The molecule has 0 aliphatic carbocycles. The van der Waals surface area contributed by atoms with Gasteiger partial charge in [0.25, 0.3) is 0 Å². The number of thioether (sulfide) groups is 1. The zero-order chi connectivity index (χ0) is 22.5. The number of hydrogen-bond acceptors (Lipinski definition) is 7. The van der Waals surface area contributed by atoms with Gasteiger partial charge in [-0.15, -0.1) is 5.10 Å². The molecule has 1 aromatic carbocycles. The molecule has 0 saturated heterocycles. The van der Waals surface area contributed by atoms with E-state index in [0.717, 1.165) is 35.6 Å². The van der Waals surface area contributed by atoms with Crippen molar-refractivity contribution in [3.63, 3.8) is 0 Å². The first-order valence-corrected chi connectivity index (χ1v) is 11.8. The Kier molecular flexibility index (Phi) is 7.64. The number of anilines is 1. The van der Waals surface area contributed by atoms with Crippen LogP contribution in [0.3, 0.4) is 0 Å². The lowest BCUT2D eigenvalue weighted by Crippen LogP contribution is -2.30. The van der Waals surface area contributed by atoms with Gasteiger partial charge in [0.1, 0.15) is 11.8 Å². The number of esters is 1. The van der Waals surface area contributed by atoms with Crippen LogP contribution in [0.25, 0.3) is 0 Å². The zero-order valence-electron chi connectivity index (χ0n) is 19.1. The Morgan fingerprint density at radius 1 is 1.26 bits per heavy atom. The summed E-state index contributed by atoms with van der Waals surface area (Å²) in [4.78, 5) is 17.7. The highest BCUT2D eigenvalue weighted by molar-refractivity contribution is 7.99. The standard InChI is InChI=1S/C23H32N4O3S/c1-7-8-12-31-23-25-22-24-16(6)19(21(28)30-15(4)5)20(27(22)26-23)17-10-9-11-18(13-17)29-14(2)3/h9-11,13-15,20H,7-8,12H2,1-6H3,(H,24,25,26). The van der Waals surface area contributed by atoms with E-state index in [1.807, 2.05) is 58.9 Å². The van der Waals surface area contributed by atoms with Crippen molar-refractivity contribution in [2.24, 2.45) is 0 Å². The number of rotatable bonds is 9. The zero-order valence-corrected chi connectivity index (χ0v) is 20.0. The number of benzene rings is 1. The Balaban J connectivity index is 2.05. The van der Waals surface area contributed by atoms with Gasteiger partial charge < -0.3 is 14.8 Å². The van der Waals surface area contributed by atoms with Crippen molar-refractivity contribution in [2.45, 2.75) is 77.8 Å². The molecule has 1 aliphatic heterocycles. The third kappa shape index (κ3) is 5.61. The summed E-state index contributed by atoms with van der Waals surface area (Å²) in [5.74, 6) is 1.97. The summed E-state index contributed by atoms with van der Waals surface area (Å²) in [6.45, 7) is 11.7. The van der Waals surface area contributed by atoms with E-state index < -0.39 is 6.04 Å². The molecule has 8 heteroatoms. The Morgan fingerprint density at radius 2 is 2.03 bits per heavy atom. The average Bonchev–Trinajstić information content (AvgIpc) is 3.08. The number of unbranched alkanes of at least 4 members (excludes halogenated alkanes) is 1. The Morgan fingerprint density at radius 3 is 2.71 bits per heavy atom. The molecular formula is C23H32N4O3S. The lowest BCUT2D eigenvalue weighted by Gasteiger charge is -2.28. The van der Waals surface area contributed by atoms with Gasteiger partial charge in [0.05, 0.1) is 17.8 Å². The van der Waals surface area contributed by atoms with Crippen LogP contribution in [-0.4, -0.2) is 38.7 Å². The summed E-state index contributed by atoms with van der Waals surface area (Å²) >= 11 is 1.63. The quantitative estimate of drug-likeness (QED) is 0.324. The Hall–Kier alpha value is -2.48. The van der Waals surface area contributed by atoms with Crippen molar-refractivity contribution in [1.82, 2.24) is 14.8 Å². The third-order valence-corrected chi connectivity index (χ3v) is 5.59. The molecule has 0 amide bonds. The highest BCUT2D eigenvalue weighted by atomic mass is 32.2. The van der Waals surface area contributed by atoms with Gasteiger partial charge >= 0.3 is 5.97 Å². The van der Waals surface area contributed by atoms with E-state index in [4.69, 9.17) is 14.6 Å². The second-order valence-corrected chi connectivity index (χ2v) is 9.19. The van der Waals surface area contributed by atoms with Gasteiger partial charge in [-0.05, 0) is 58.7 Å². The molecule has 1 atom stereocenters. The van der Waals surface area contributed by atoms with E-state index in [9.17, 15) is 4.79 Å². The number of allylic oxidation sites excluding steroid dienone is 1. The third-order valence-electron chi connectivity index (χ3n) is 4.67. The minimum absolute atomic E-state index is 0.0504. The molecule has 0 fully saturated rings. The van der Waals surface area contributed by atoms with Gasteiger partial charge in [-0.1, -0.05) is 37.2 Å². The predicted octanol–water partition coefficient (Wildman–Crippen LogP) is 5.20. The number of hydrogen-bond donors (Lipinski definition) is 1. The van der Waals surface area contributed by atoms with E-state index in [0.29, 0.717) is 16.7 Å². The average molecular weight is 445 g/mol. The smallest absolute Gasteiger partial charge is 0.338 e. The second-order valence-electron chi connectivity index (χ2n) is 8.12. The molecule has 1 aromatic heterocycles. The summed E-state index contributed by atoms with van der Waals surface area (Å²) in [6.07, 6.45) is 2.05. The van der Waals surface area contributed by atoms with Gasteiger partial charge in [0.15, 0.2) is 0 Å². The molecular weight excluding hydrogens is 412 g/mol. The lowest BCUT2D eigenvalue weighted by atomic mass is 9.95. The molecule has 7 nitrogen and oxygen atoms in total. The summed E-state index contributed by atoms with van der Waals surface area (Å²) in [5, 5.41) is 8.68. The van der Waals surface area contributed by atoms with Crippen LogP contribution >= 0.6 is 11.8 Å². The van der Waals surface area contributed by atoms with Crippen molar-refractivity contribution in [3.8, 4) is 5.75 Å². The van der Waals surface area contributed by atoms with Gasteiger partial charge in [-0.3, -0.25) is 0 Å². The minimum atomic E-state index is -0.453. The highest BCUT2D eigenvalue weighted by Crippen LogP contribution is 2.38. The molecule has 0 spiro atoms. The van der Waals surface area contributed by atoms with Crippen molar-refractivity contribution in [2.75, 3.05) is 11.1 Å². The Bertz CT molecular complexity index is 952. The lowest BCUT2D eigenvalue weighted by molar-refractivity contribution is -0.143.